The molecule has 5 nitrogen and oxygen atoms in total. The summed E-state index contributed by atoms with van der Waals surface area (Å²) in [5.41, 5.74) is 1.77. The van der Waals surface area contributed by atoms with Gasteiger partial charge in [0.05, 0.1) is 0 Å². The van der Waals surface area contributed by atoms with Gasteiger partial charge >= 0.3 is 5.97 Å². The Balaban J connectivity index is 1.60. The van der Waals surface area contributed by atoms with Crippen LogP contribution in [-0.2, 0) is 4.74 Å². The number of ether oxygens (including phenoxy) is 2. The van der Waals surface area contributed by atoms with Crippen LogP contribution >= 0.6 is 0 Å². The summed E-state index contributed by atoms with van der Waals surface area (Å²) in [7, 11) is 0. The van der Waals surface area contributed by atoms with Crippen LogP contribution in [0.5, 0.6) is 5.75 Å². The van der Waals surface area contributed by atoms with Gasteiger partial charge in [0.25, 0.3) is 5.91 Å². The number of anilines is 1. The van der Waals surface area contributed by atoms with Gasteiger partial charge in [0.2, 0.25) is 5.79 Å². The van der Waals surface area contributed by atoms with Crippen molar-refractivity contribution < 1.29 is 19.1 Å². The monoisotopic (exact) mass is 407 g/mol. The summed E-state index contributed by atoms with van der Waals surface area (Å²) in [6.45, 7) is 4.04. The molecule has 2 aromatic carbocycles. The van der Waals surface area contributed by atoms with Crippen molar-refractivity contribution in [3.8, 4) is 5.75 Å². The maximum Gasteiger partial charge on any atom is 0.345 e. The summed E-state index contributed by atoms with van der Waals surface area (Å²) < 4.78 is 11.2. The quantitative estimate of drug-likeness (QED) is 0.586. The number of cyclic esters (lactones) is 1. The molecule has 2 aliphatic rings. The lowest BCUT2D eigenvalue weighted by atomic mass is 10.0. The molecule has 0 unspecified atom stereocenters. The van der Waals surface area contributed by atoms with E-state index in [0.717, 1.165) is 24.4 Å². The van der Waals surface area contributed by atoms with Crippen molar-refractivity contribution in [3.05, 3.63) is 59.7 Å². The Morgan fingerprint density at radius 3 is 2.53 bits per heavy atom. The highest BCUT2D eigenvalue weighted by atomic mass is 16.7. The first kappa shape index (κ1) is 20.5. The summed E-state index contributed by atoms with van der Waals surface area (Å²) in [5.74, 6) is -0.245. The van der Waals surface area contributed by atoms with Crippen LogP contribution < -0.4 is 9.64 Å². The van der Waals surface area contributed by atoms with Crippen molar-refractivity contribution in [3.63, 3.8) is 0 Å². The number of carbonyl (C=O) groups is 2. The maximum absolute atomic E-state index is 13.3. The largest absolute Gasteiger partial charge is 0.452 e. The minimum absolute atomic E-state index is 0.0420. The molecule has 1 fully saturated rings. The normalized spacial score (nSPS) is 17.7. The van der Waals surface area contributed by atoms with Crippen molar-refractivity contribution in [1.29, 1.82) is 0 Å². The van der Waals surface area contributed by atoms with Crippen molar-refractivity contribution in [2.75, 3.05) is 11.4 Å². The van der Waals surface area contributed by atoms with Crippen molar-refractivity contribution in [2.24, 2.45) is 5.92 Å². The van der Waals surface area contributed by atoms with Crippen LogP contribution in [0, 0.1) is 5.92 Å². The maximum atomic E-state index is 13.3. The lowest BCUT2D eigenvalue weighted by molar-refractivity contribution is -0.127. The third-order valence-electron chi connectivity index (χ3n) is 5.93. The molecule has 0 bridgehead atoms. The Kier molecular flexibility index (Phi) is 5.80. The third-order valence-corrected chi connectivity index (χ3v) is 5.93. The Hall–Kier alpha value is -2.82. The standard InChI is InChI=1S/C25H29NO4/c1-25(2)29-22-17-20(14-15-21(22)24(28)30-25)26(16-8-11-18-9-6-7-10-18)23(27)19-12-4-3-5-13-19/h3-5,12-15,17-18H,6-11,16H2,1-2H3. The van der Waals surface area contributed by atoms with Gasteiger partial charge in [-0.3, -0.25) is 4.79 Å². The van der Waals surface area contributed by atoms with Gasteiger partial charge in [-0.2, -0.15) is 0 Å². The van der Waals surface area contributed by atoms with Gasteiger partial charge in [0.1, 0.15) is 11.3 Å². The topological polar surface area (TPSA) is 55.8 Å². The van der Waals surface area contributed by atoms with Crippen LogP contribution in [0.15, 0.2) is 48.5 Å². The number of esters is 1. The second-order valence-corrected chi connectivity index (χ2v) is 8.69. The molecule has 0 aromatic heterocycles. The van der Waals surface area contributed by atoms with E-state index in [1.54, 1.807) is 36.9 Å². The van der Waals surface area contributed by atoms with Crippen LogP contribution in [-0.4, -0.2) is 24.2 Å². The molecule has 0 radical (unpaired) electrons. The number of carbonyl (C=O) groups excluding carboxylic acids is 2. The smallest absolute Gasteiger partial charge is 0.345 e. The molecule has 0 N–H and O–H groups in total. The van der Waals surface area contributed by atoms with Crippen molar-refractivity contribution in [2.45, 2.75) is 58.2 Å². The number of fused-ring (bicyclic) bond motifs is 1. The molecular formula is C25H29NO4. The number of hydrogen-bond donors (Lipinski definition) is 0. The molecule has 1 amide bonds. The van der Waals surface area contributed by atoms with Gasteiger partial charge in [-0.1, -0.05) is 43.9 Å². The van der Waals surface area contributed by atoms with Crippen molar-refractivity contribution in [1.82, 2.24) is 0 Å². The minimum Gasteiger partial charge on any atom is -0.452 e. The van der Waals surface area contributed by atoms with Crippen molar-refractivity contribution >= 4 is 17.6 Å². The van der Waals surface area contributed by atoms with E-state index in [1.165, 1.54) is 25.7 Å². The van der Waals surface area contributed by atoms with E-state index >= 15 is 0 Å². The molecule has 0 atom stereocenters. The lowest BCUT2D eigenvalue weighted by Gasteiger charge is -2.32. The molecule has 1 aliphatic carbocycles. The molecule has 5 heteroatoms. The highest BCUT2D eigenvalue weighted by molar-refractivity contribution is 6.06. The molecule has 4 rings (SSSR count). The van der Waals surface area contributed by atoms with Crippen LogP contribution in [0.4, 0.5) is 5.69 Å². The number of amides is 1. The second-order valence-electron chi connectivity index (χ2n) is 8.69. The lowest BCUT2D eigenvalue weighted by Crippen LogP contribution is -2.39. The summed E-state index contributed by atoms with van der Waals surface area (Å²) in [6.07, 6.45) is 7.35. The first-order chi connectivity index (χ1) is 14.4. The Morgan fingerprint density at radius 1 is 1.07 bits per heavy atom. The fourth-order valence-corrected chi connectivity index (χ4v) is 4.42. The number of benzene rings is 2. The van der Waals surface area contributed by atoms with E-state index in [1.807, 2.05) is 30.3 Å². The summed E-state index contributed by atoms with van der Waals surface area (Å²) in [4.78, 5) is 27.4. The van der Waals surface area contributed by atoms with Crippen LogP contribution in [0.2, 0.25) is 0 Å². The molecule has 1 heterocycles. The zero-order chi connectivity index (χ0) is 21.1. The third kappa shape index (κ3) is 4.50. The zero-order valence-corrected chi connectivity index (χ0v) is 17.7. The van der Waals surface area contributed by atoms with Gasteiger partial charge in [-0.25, -0.2) is 4.79 Å². The van der Waals surface area contributed by atoms with Gasteiger partial charge in [0.15, 0.2) is 0 Å². The number of hydrogen-bond acceptors (Lipinski definition) is 4. The molecule has 2 aromatic rings. The van der Waals surface area contributed by atoms with E-state index in [2.05, 4.69) is 0 Å². The van der Waals surface area contributed by atoms with E-state index < -0.39 is 11.8 Å². The predicted molar refractivity (Wildman–Crippen MR) is 116 cm³/mol. The first-order valence-corrected chi connectivity index (χ1v) is 10.9. The van der Waals surface area contributed by atoms with E-state index in [0.29, 0.717) is 23.4 Å². The average molecular weight is 408 g/mol. The predicted octanol–water partition coefficient (Wildman–Crippen LogP) is 5.59. The van der Waals surface area contributed by atoms with Gasteiger partial charge in [0, 0.05) is 37.7 Å². The Morgan fingerprint density at radius 2 is 1.80 bits per heavy atom. The Labute approximate surface area is 178 Å². The number of nitrogens with zero attached hydrogens (tertiary/aromatic N) is 1. The molecule has 30 heavy (non-hydrogen) atoms. The molecule has 1 saturated carbocycles. The van der Waals surface area contributed by atoms with Crippen LogP contribution in [0.25, 0.3) is 0 Å². The Bertz CT molecular complexity index is 916. The van der Waals surface area contributed by atoms with Crippen LogP contribution in [0.3, 0.4) is 0 Å². The summed E-state index contributed by atoms with van der Waals surface area (Å²) in [5, 5.41) is 0. The fraction of sp³-hybridized carbons (Fsp3) is 0.440. The molecule has 0 saturated heterocycles. The highest BCUT2D eigenvalue weighted by Gasteiger charge is 2.34. The zero-order valence-electron chi connectivity index (χ0n) is 17.7. The van der Waals surface area contributed by atoms with E-state index in [9.17, 15) is 9.59 Å². The van der Waals surface area contributed by atoms with Gasteiger partial charge in [-0.05, 0) is 43.0 Å². The van der Waals surface area contributed by atoms with Gasteiger partial charge < -0.3 is 14.4 Å². The summed E-state index contributed by atoms with van der Waals surface area (Å²) >= 11 is 0. The molecular weight excluding hydrogens is 378 g/mol. The first-order valence-electron chi connectivity index (χ1n) is 10.9. The van der Waals surface area contributed by atoms with Crippen LogP contribution in [0.1, 0.15) is 73.1 Å². The highest BCUT2D eigenvalue weighted by Crippen LogP contribution is 2.35. The van der Waals surface area contributed by atoms with E-state index in [4.69, 9.17) is 9.47 Å². The summed E-state index contributed by atoms with van der Waals surface area (Å²) in [6, 6.07) is 14.6. The minimum atomic E-state index is -1.03. The van der Waals surface area contributed by atoms with E-state index in [-0.39, 0.29) is 5.91 Å². The molecule has 158 valence electrons. The molecule has 0 spiro atoms. The number of rotatable bonds is 6. The fourth-order valence-electron chi connectivity index (χ4n) is 4.42. The molecule has 1 aliphatic heterocycles. The van der Waals surface area contributed by atoms with Gasteiger partial charge in [-0.15, -0.1) is 0 Å². The SMILES string of the molecule is CC1(C)OC(=O)c2ccc(N(CCCC3CCCC3)C(=O)c3ccccc3)cc2O1. The average Bonchev–Trinajstić information content (AvgIpc) is 3.23. The second kappa shape index (κ2) is 8.50.